The van der Waals surface area contributed by atoms with Crippen molar-refractivity contribution in [2.45, 2.75) is 19.1 Å². The number of hydrogen-bond acceptors (Lipinski definition) is 5. The van der Waals surface area contributed by atoms with Crippen molar-refractivity contribution in [3.63, 3.8) is 0 Å². The lowest BCUT2D eigenvalue weighted by molar-refractivity contribution is -0.115. The number of aryl methyl sites for hydroxylation is 1. The molecule has 1 amide bonds. The van der Waals surface area contributed by atoms with Crippen molar-refractivity contribution >= 4 is 29.3 Å². The minimum Gasteiger partial charge on any atom is -0.465 e. The maximum atomic E-state index is 13.4. The number of esters is 1. The normalized spacial score (nSPS) is 10.5. The van der Waals surface area contributed by atoms with E-state index >= 15 is 0 Å². The summed E-state index contributed by atoms with van der Waals surface area (Å²) in [6.45, 7) is 1.70. The Labute approximate surface area is 143 Å². The molecule has 0 aliphatic heterocycles. The third-order valence-corrected chi connectivity index (χ3v) is 4.22. The van der Waals surface area contributed by atoms with Crippen molar-refractivity contribution < 1.29 is 23.1 Å². The average Bonchev–Trinajstić information content (AvgIpc) is 2.94. The maximum Gasteiger partial charge on any atom is 0.341 e. The van der Waals surface area contributed by atoms with E-state index in [-0.39, 0.29) is 18.0 Å². The number of rotatable bonds is 7. The summed E-state index contributed by atoms with van der Waals surface area (Å²) < 4.78 is 23.6. The molecular weight excluding hydrogens is 333 g/mol. The standard InChI is InChI=1S/C17H18FNO4S/c1-11-13(17(21)22-2)9-12(23-11)10-24-8-7-16(20)19-15-6-4-3-5-14(15)18/h3-6,9H,7-8,10H2,1-2H3,(H,19,20). The number of anilines is 1. The summed E-state index contributed by atoms with van der Waals surface area (Å²) in [7, 11) is 1.32. The van der Waals surface area contributed by atoms with E-state index in [0.29, 0.717) is 28.6 Å². The van der Waals surface area contributed by atoms with Crippen LogP contribution in [0.5, 0.6) is 0 Å². The summed E-state index contributed by atoms with van der Waals surface area (Å²) in [6, 6.07) is 7.68. The quantitative estimate of drug-likeness (QED) is 0.607. The molecule has 0 spiro atoms. The predicted octanol–water partition coefficient (Wildman–Crippen LogP) is 3.78. The van der Waals surface area contributed by atoms with Gasteiger partial charge in [0, 0.05) is 12.2 Å². The van der Waals surface area contributed by atoms with Gasteiger partial charge in [-0.25, -0.2) is 9.18 Å². The summed E-state index contributed by atoms with van der Waals surface area (Å²) in [5, 5.41) is 2.53. The Morgan fingerprint density at radius 2 is 2.08 bits per heavy atom. The van der Waals surface area contributed by atoms with Crippen molar-refractivity contribution in [1.82, 2.24) is 0 Å². The number of benzene rings is 1. The van der Waals surface area contributed by atoms with Crippen LogP contribution in [0.3, 0.4) is 0 Å². The second-order valence-corrected chi connectivity index (χ2v) is 6.11. The van der Waals surface area contributed by atoms with Gasteiger partial charge in [0.05, 0.1) is 18.6 Å². The molecule has 1 N–H and O–H groups in total. The van der Waals surface area contributed by atoms with E-state index in [1.54, 1.807) is 25.1 Å². The van der Waals surface area contributed by atoms with Crippen LogP contribution in [-0.4, -0.2) is 24.7 Å². The highest BCUT2D eigenvalue weighted by Crippen LogP contribution is 2.21. The Morgan fingerprint density at radius 3 is 2.79 bits per heavy atom. The highest BCUT2D eigenvalue weighted by atomic mass is 32.2. The zero-order valence-corrected chi connectivity index (χ0v) is 14.2. The highest BCUT2D eigenvalue weighted by molar-refractivity contribution is 7.98. The molecule has 1 aromatic carbocycles. The van der Waals surface area contributed by atoms with E-state index in [0.717, 1.165) is 0 Å². The van der Waals surface area contributed by atoms with Gasteiger partial charge < -0.3 is 14.5 Å². The van der Waals surface area contributed by atoms with Crippen LogP contribution in [0.2, 0.25) is 0 Å². The van der Waals surface area contributed by atoms with Gasteiger partial charge in [0.1, 0.15) is 22.9 Å². The fourth-order valence-corrected chi connectivity index (χ4v) is 2.86. The van der Waals surface area contributed by atoms with Gasteiger partial charge in [-0.3, -0.25) is 4.79 Å². The molecular formula is C17H18FNO4S. The number of methoxy groups -OCH3 is 1. The number of para-hydroxylation sites is 1. The molecule has 0 unspecified atom stereocenters. The van der Waals surface area contributed by atoms with E-state index in [4.69, 9.17) is 4.42 Å². The molecule has 0 atom stereocenters. The Hall–Kier alpha value is -2.28. The van der Waals surface area contributed by atoms with Gasteiger partial charge in [-0.2, -0.15) is 11.8 Å². The van der Waals surface area contributed by atoms with Crippen LogP contribution in [0.25, 0.3) is 0 Å². The number of halogens is 1. The molecule has 1 heterocycles. The molecule has 7 heteroatoms. The molecule has 2 rings (SSSR count). The number of furan rings is 1. The van der Waals surface area contributed by atoms with E-state index in [9.17, 15) is 14.0 Å². The molecule has 0 saturated carbocycles. The molecule has 0 aliphatic rings. The van der Waals surface area contributed by atoms with E-state index in [1.807, 2.05) is 0 Å². The fourth-order valence-electron chi connectivity index (χ4n) is 2.04. The topological polar surface area (TPSA) is 68.5 Å². The first-order valence-corrected chi connectivity index (χ1v) is 8.46. The van der Waals surface area contributed by atoms with E-state index in [2.05, 4.69) is 10.1 Å². The largest absolute Gasteiger partial charge is 0.465 e. The number of carbonyl (C=O) groups is 2. The van der Waals surface area contributed by atoms with Crippen molar-refractivity contribution in [3.8, 4) is 0 Å². The first-order valence-electron chi connectivity index (χ1n) is 7.31. The Kier molecular flexibility index (Phi) is 6.43. The molecule has 0 saturated heterocycles. The van der Waals surface area contributed by atoms with Gasteiger partial charge in [-0.15, -0.1) is 0 Å². The average molecular weight is 351 g/mol. The number of ether oxygens (including phenoxy) is 1. The Morgan fingerprint density at radius 1 is 1.33 bits per heavy atom. The lowest BCUT2D eigenvalue weighted by Crippen LogP contribution is -2.13. The van der Waals surface area contributed by atoms with Crippen LogP contribution in [0.4, 0.5) is 10.1 Å². The van der Waals surface area contributed by atoms with Crippen molar-refractivity contribution in [3.05, 3.63) is 53.2 Å². The number of thioether (sulfide) groups is 1. The Balaban J connectivity index is 1.76. The molecule has 0 aliphatic carbocycles. The second-order valence-electron chi connectivity index (χ2n) is 5.00. The number of hydrogen-bond donors (Lipinski definition) is 1. The first kappa shape index (κ1) is 18.1. The molecule has 0 bridgehead atoms. The van der Waals surface area contributed by atoms with Crippen LogP contribution < -0.4 is 5.32 Å². The lowest BCUT2D eigenvalue weighted by atomic mass is 10.2. The zero-order chi connectivity index (χ0) is 17.5. The van der Waals surface area contributed by atoms with Crippen molar-refractivity contribution in [2.75, 3.05) is 18.2 Å². The number of nitrogens with one attached hydrogen (secondary N) is 1. The van der Waals surface area contributed by atoms with Crippen LogP contribution in [0.15, 0.2) is 34.7 Å². The molecule has 24 heavy (non-hydrogen) atoms. The minimum absolute atomic E-state index is 0.178. The zero-order valence-electron chi connectivity index (χ0n) is 13.4. The van der Waals surface area contributed by atoms with Crippen molar-refractivity contribution in [1.29, 1.82) is 0 Å². The molecule has 0 radical (unpaired) electrons. The molecule has 1 aromatic heterocycles. The summed E-state index contributed by atoms with van der Waals surface area (Å²) in [4.78, 5) is 23.3. The second kappa shape index (κ2) is 8.54. The summed E-state index contributed by atoms with van der Waals surface area (Å²) in [5.41, 5.74) is 0.585. The first-order chi connectivity index (χ1) is 11.5. The van der Waals surface area contributed by atoms with E-state index < -0.39 is 11.8 Å². The molecule has 0 fully saturated rings. The van der Waals surface area contributed by atoms with Gasteiger partial charge in [-0.1, -0.05) is 12.1 Å². The van der Waals surface area contributed by atoms with Gasteiger partial charge >= 0.3 is 5.97 Å². The van der Waals surface area contributed by atoms with Crippen LogP contribution in [-0.2, 0) is 15.3 Å². The molecule has 128 valence electrons. The summed E-state index contributed by atoms with van der Waals surface area (Å²) in [6.07, 6.45) is 0.253. The summed E-state index contributed by atoms with van der Waals surface area (Å²) >= 11 is 1.49. The summed E-state index contributed by atoms with van der Waals surface area (Å²) in [5.74, 6) is 1.09. The number of carbonyl (C=O) groups excluding carboxylic acids is 2. The fraction of sp³-hybridized carbons (Fsp3) is 0.294. The SMILES string of the molecule is COC(=O)c1cc(CSCCC(=O)Nc2ccccc2F)oc1C. The van der Waals surface area contributed by atoms with Gasteiger partial charge in [0.25, 0.3) is 0 Å². The maximum absolute atomic E-state index is 13.4. The van der Waals surface area contributed by atoms with Crippen molar-refractivity contribution in [2.24, 2.45) is 0 Å². The van der Waals surface area contributed by atoms with Crippen LogP contribution >= 0.6 is 11.8 Å². The third kappa shape index (κ3) is 4.86. The lowest BCUT2D eigenvalue weighted by Gasteiger charge is -2.05. The molecule has 5 nitrogen and oxygen atoms in total. The smallest absolute Gasteiger partial charge is 0.341 e. The van der Waals surface area contributed by atoms with Crippen LogP contribution in [0, 0.1) is 12.7 Å². The minimum atomic E-state index is -0.458. The monoisotopic (exact) mass is 351 g/mol. The highest BCUT2D eigenvalue weighted by Gasteiger charge is 2.15. The predicted molar refractivity (Wildman–Crippen MR) is 90.6 cm³/mol. The van der Waals surface area contributed by atoms with E-state index in [1.165, 1.54) is 31.0 Å². The van der Waals surface area contributed by atoms with Crippen LogP contribution in [0.1, 0.15) is 28.3 Å². The Bertz CT molecular complexity index is 729. The van der Waals surface area contributed by atoms with Gasteiger partial charge in [-0.05, 0) is 25.1 Å². The third-order valence-electron chi connectivity index (χ3n) is 3.24. The van der Waals surface area contributed by atoms with Gasteiger partial charge in [0.15, 0.2) is 0 Å². The molecule has 2 aromatic rings. The van der Waals surface area contributed by atoms with Gasteiger partial charge in [0.2, 0.25) is 5.91 Å². The number of amides is 1.